The fourth-order valence-corrected chi connectivity index (χ4v) is 1.23. The van der Waals surface area contributed by atoms with Gasteiger partial charge in [-0.05, 0) is 19.4 Å². The van der Waals surface area contributed by atoms with Crippen molar-refractivity contribution >= 4 is 0 Å². The molecule has 0 saturated carbocycles. The highest BCUT2D eigenvalue weighted by Gasteiger charge is 2.38. The monoisotopic (exact) mass is 236 g/mol. The second kappa shape index (κ2) is 4.86. The summed E-state index contributed by atoms with van der Waals surface area (Å²) in [7, 11) is 0. The Bertz CT molecular complexity index is 335. The molecule has 6 heteroatoms. The minimum atomic E-state index is -4.58. The molecular formula is C10H15F3N2O. The van der Waals surface area contributed by atoms with Crippen LogP contribution >= 0.6 is 0 Å². The molecule has 0 radical (unpaired) electrons. The second-order valence-electron chi connectivity index (χ2n) is 3.81. The zero-order chi connectivity index (χ0) is 12.3. The van der Waals surface area contributed by atoms with Crippen LogP contribution in [0.1, 0.15) is 32.0 Å². The summed E-state index contributed by atoms with van der Waals surface area (Å²) in [6.45, 7) is 3.90. The third kappa shape index (κ3) is 3.23. The van der Waals surface area contributed by atoms with Gasteiger partial charge in [0.25, 0.3) is 0 Å². The molecule has 0 saturated heterocycles. The van der Waals surface area contributed by atoms with E-state index in [1.807, 2.05) is 13.8 Å². The van der Waals surface area contributed by atoms with Crippen LogP contribution in [0.4, 0.5) is 13.2 Å². The van der Waals surface area contributed by atoms with Crippen molar-refractivity contribution < 1.29 is 18.3 Å². The molecule has 0 aromatic carbocycles. The molecule has 3 nitrogen and oxygen atoms in total. The number of aromatic nitrogens is 2. The number of hydrogen-bond acceptors (Lipinski definition) is 2. The Hall–Kier alpha value is -1.04. The fourth-order valence-electron chi connectivity index (χ4n) is 1.23. The van der Waals surface area contributed by atoms with E-state index in [9.17, 15) is 13.2 Å². The molecule has 16 heavy (non-hydrogen) atoms. The van der Waals surface area contributed by atoms with Gasteiger partial charge in [-0.25, -0.2) is 0 Å². The van der Waals surface area contributed by atoms with E-state index < -0.39 is 18.7 Å². The Morgan fingerprint density at radius 1 is 1.50 bits per heavy atom. The van der Waals surface area contributed by atoms with E-state index in [2.05, 4.69) is 5.10 Å². The van der Waals surface area contributed by atoms with Crippen LogP contribution in [-0.4, -0.2) is 27.2 Å². The van der Waals surface area contributed by atoms with Crippen LogP contribution in [0.3, 0.4) is 0 Å². The van der Waals surface area contributed by atoms with Gasteiger partial charge < -0.3 is 5.11 Å². The van der Waals surface area contributed by atoms with Crippen molar-refractivity contribution in [1.29, 1.82) is 0 Å². The van der Waals surface area contributed by atoms with E-state index in [4.69, 9.17) is 5.11 Å². The van der Waals surface area contributed by atoms with Crippen molar-refractivity contribution in [3.63, 3.8) is 0 Å². The maximum absolute atomic E-state index is 12.1. The predicted octanol–water partition coefficient (Wildman–Crippen LogP) is 2.32. The van der Waals surface area contributed by atoms with Gasteiger partial charge in [0.1, 0.15) is 0 Å². The van der Waals surface area contributed by atoms with Gasteiger partial charge in [0.05, 0.1) is 5.69 Å². The minimum Gasteiger partial charge on any atom is -0.383 e. The van der Waals surface area contributed by atoms with Crippen LogP contribution in [0.2, 0.25) is 0 Å². The van der Waals surface area contributed by atoms with Crippen LogP contribution in [0.25, 0.3) is 0 Å². The van der Waals surface area contributed by atoms with Gasteiger partial charge in [0.15, 0.2) is 6.10 Å². The molecule has 0 aliphatic heterocycles. The lowest BCUT2D eigenvalue weighted by atomic mass is 10.2. The third-order valence-corrected chi connectivity index (χ3v) is 2.49. The van der Waals surface area contributed by atoms with E-state index in [0.29, 0.717) is 0 Å². The highest BCUT2D eigenvalue weighted by atomic mass is 19.4. The summed E-state index contributed by atoms with van der Waals surface area (Å²) < 4.78 is 37.9. The van der Waals surface area contributed by atoms with Gasteiger partial charge >= 0.3 is 6.18 Å². The fraction of sp³-hybridized carbons (Fsp3) is 0.700. The first-order valence-electron chi connectivity index (χ1n) is 5.13. The second-order valence-corrected chi connectivity index (χ2v) is 3.81. The molecule has 0 aliphatic rings. The molecule has 0 bridgehead atoms. The standard InChI is InChI=1S/C10H15F3N2O/c1-3-7(2)15-5-4-8(14-15)6-9(16)10(11,12)13/h4-5,7,9,16H,3,6H2,1-2H3/t7?,9-/m0/s1. The van der Waals surface area contributed by atoms with Crippen molar-refractivity contribution in [3.8, 4) is 0 Å². The molecule has 2 atom stereocenters. The molecule has 1 aromatic rings. The van der Waals surface area contributed by atoms with Crippen LogP contribution in [0, 0.1) is 0 Å². The molecule has 0 spiro atoms. The van der Waals surface area contributed by atoms with Gasteiger partial charge in [-0.3, -0.25) is 4.68 Å². The molecule has 1 unspecified atom stereocenters. The average molecular weight is 236 g/mol. The Morgan fingerprint density at radius 3 is 2.62 bits per heavy atom. The maximum atomic E-state index is 12.1. The number of nitrogens with zero attached hydrogens (tertiary/aromatic N) is 2. The molecule has 1 aromatic heterocycles. The first-order chi connectivity index (χ1) is 7.34. The summed E-state index contributed by atoms with van der Waals surface area (Å²) >= 11 is 0. The topological polar surface area (TPSA) is 38.0 Å². The number of halogens is 3. The summed E-state index contributed by atoms with van der Waals surface area (Å²) in [6, 6.07) is 1.65. The van der Waals surface area contributed by atoms with Gasteiger partial charge in [0, 0.05) is 18.7 Å². The molecule has 1 N–H and O–H groups in total. The molecule has 1 rings (SSSR count). The maximum Gasteiger partial charge on any atom is 0.414 e. The Kier molecular flexibility index (Phi) is 3.96. The van der Waals surface area contributed by atoms with E-state index in [1.54, 1.807) is 10.9 Å². The lowest BCUT2D eigenvalue weighted by molar-refractivity contribution is -0.203. The molecule has 1 heterocycles. The lowest BCUT2D eigenvalue weighted by Crippen LogP contribution is -2.30. The average Bonchev–Trinajstić information content (AvgIpc) is 2.63. The van der Waals surface area contributed by atoms with Crippen molar-refractivity contribution in [2.24, 2.45) is 0 Å². The Balaban J connectivity index is 2.66. The number of hydrogen-bond donors (Lipinski definition) is 1. The number of alkyl halides is 3. The smallest absolute Gasteiger partial charge is 0.383 e. The van der Waals surface area contributed by atoms with E-state index in [1.165, 1.54) is 6.07 Å². The highest BCUT2D eigenvalue weighted by Crippen LogP contribution is 2.22. The third-order valence-electron chi connectivity index (χ3n) is 2.49. The molecule has 0 aliphatic carbocycles. The van der Waals surface area contributed by atoms with Crippen molar-refractivity contribution in [1.82, 2.24) is 9.78 Å². The molecule has 0 amide bonds. The lowest BCUT2D eigenvalue weighted by Gasteiger charge is -2.13. The van der Waals surface area contributed by atoms with Crippen molar-refractivity contribution in [2.75, 3.05) is 0 Å². The first-order valence-corrected chi connectivity index (χ1v) is 5.13. The van der Waals surface area contributed by atoms with E-state index in [-0.39, 0.29) is 11.7 Å². The van der Waals surface area contributed by atoms with E-state index >= 15 is 0 Å². The molecule has 92 valence electrons. The molecular weight excluding hydrogens is 221 g/mol. The Labute approximate surface area is 91.9 Å². The minimum absolute atomic E-state index is 0.150. The van der Waals surface area contributed by atoms with Gasteiger partial charge in [-0.2, -0.15) is 18.3 Å². The highest BCUT2D eigenvalue weighted by molar-refractivity contribution is 5.02. The van der Waals surface area contributed by atoms with Crippen LogP contribution in [0.15, 0.2) is 12.3 Å². The van der Waals surface area contributed by atoms with Crippen LogP contribution < -0.4 is 0 Å². The van der Waals surface area contributed by atoms with Crippen molar-refractivity contribution in [2.45, 2.75) is 45.0 Å². The number of rotatable bonds is 4. The van der Waals surface area contributed by atoms with Gasteiger partial charge in [-0.1, -0.05) is 6.92 Å². The largest absolute Gasteiger partial charge is 0.414 e. The summed E-state index contributed by atoms with van der Waals surface area (Å²) in [4.78, 5) is 0. The number of aliphatic hydroxyl groups excluding tert-OH is 1. The zero-order valence-electron chi connectivity index (χ0n) is 9.20. The van der Waals surface area contributed by atoms with Gasteiger partial charge in [0.2, 0.25) is 0 Å². The summed E-state index contributed by atoms with van der Waals surface area (Å²) in [5, 5.41) is 12.9. The summed E-state index contributed by atoms with van der Waals surface area (Å²) in [5.74, 6) is 0. The van der Waals surface area contributed by atoms with Gasteiger partial charge in [-0.15, -0.1) is 0 Å². The molecule has 0 fully saturated rings. The zero-order valence-corrected chi connectivity index (χ0v) is 9.20. The quantitative estimate of drug-likeness (QED) is 0.871. The van der Waals surface area contributed by atoms with Crippen LogP contribution in [-0.2, 0) is 6.42 Å². The van der Waals surface area contributed by atoms with Crippen LogP contribution in [0.5, 0.6) is 0 Å². The normalized spacial score (nSPS) is 16.1. The summed E-state index contributed by atoms with van der Waals surface area (Å²) in [6.07, 6.45) is -4.93. The van der Waals surface area contributed by atoms with Crippen molar-refractivity contribution in [3.05, 3.63) is 18.0 Å². The predicted molar refractivity (Wildman–Crippen MR) is 53.0 cm³/mol. The summed E-state index contributed by atoms with van der Waals surface area (Å²) in [5.41, 5.74) is 0.255. The number of aliphatic hydroxyl groups is 1. The first kappa shape index (κ1) is 13.0. The van der Waals surface area contributed by atoms with E-state index in [0.717, 1.165) is 6.42 Å². The SMILES string of the molecule is CCC(C)n1ccc(C[C@H](O)C(F)(F)F)n1. The Morgan fingerprint density at radius 2 is 2.12 bits per heavy atom.